The molecule has 8 aromatic carbocycles. The minimum atomic E-state index is -0.167. The zero-order chi connectivity index (χ0) is 59.3. The number of nitrogens with zero attached hydrogens (tertiary/aromatic N) is 3. The van der Waals surface area contributed by atoms with Crippen LogP contribution in [0, 0.1) is 41.5 Å². The molecular weight excluding hydrogens is 990 g/mol. The van der Waals surface area contributed by atoms with Crippen molar-refractivity contribution in [2.45, 2.75) is 198 Å². The second-order valence-corrected chi connectivity index (χ2v) is 30.6. The monoisotopic (exact) mass is 1080 g/mol. The van der Waals surface area contributed by atoms with Gasteiger partial charge in [-0.3, -0.25) is 0 Å². The molecule has 11 rings (SSSR count). The van der Waals surface area contributed by atoms with Crippen LogP contribution in [0.1, 0.15) is 190 Å². The summed E-state index contributed by atoms with van der Waals surface area (Å²) >= 11 is 0. The van der Waals surface area contributed by atoms with Crippen LogP contribution in [0.4, 0.5) is 51.2 Å². The van der Waals surface area contributed by atoms with Crippen LogP contribution in [0.15, 0.2) is 133 Å². The summed E-state index contributed by atoms with van der Waals surface area (Å²) in [5.74, 6) is 0. The van der Waals surface area contributed by atoms with Crippen LogP contribution in [-0.4, -0.2) is 6.71 Å². The Morgan fingerprint density at radius 2 is 0.756 bits per heavy atom. The first-order valence-electron chi connectivity index (χ1n) is 30.6. The summed E-state index contributed by atoms with van der Waals surface area (Å²) in [5, 5.41) is 0. The molecule has 0 N–H and O–H groups in total. The maximum Gasteiger partial charge on any atom is 0.252 e. The lowest BCUT2D eigenvalue weighted by Crippen LogP contribution is -2.62. The summed E-state index contributed by atoms with van der Waals surface area (Å²) in [6, 6.07) is 52.9. The minimum absolute atomic E-state index is 0.00228. The molecular formula is C78H92BN3. The van der Waals surface area contributed by atoms with Crippen LogP contribution in [-0.2, 0) is 32.5 Å². The number of benzene rings is 8. The molecule has 0 saturated heterocycles. The number of aryl methyl sites for hydroxylation is 6. The van der Waals surface area contributed by atoms with Gasteiger partial charge in [-0.15, -0.1) is 0 Å². The average Bonchev–Trinajstić information content (AvgIpc) is 0.955. The molecule has 422 valence electrons. The highest BCUT2D eigenvalue weighted by molar-refractivity contribution is 7.00. The van der Waals surface area contributed by atoms with Gasteiger partial charge in [-0.1, -0.05) is 202 Å². The molecule has 0 aromatic heterocycles. The number of hydrogen-bond acceptors (Lipinski definition) is 3. The molecule has 2 heterocycles. The predicted octanol–water partition coefficient (Wildman–Crippen LogP) is 20.3. The minimum Gasteiger partial charge on any atom is -0.311 e. The molecule has 4 heteroatoms. The molecule has 0 saturated carbocycles. The fraction of sp³-hybridized carbons (Fsp3) is 0.385. The van der Waals surface area contributed by atoms with Crippen molar-refractivity contribution >= 4 is 74.3 Å². The van der Waals surface area contributed by atoms with Gasteiger partial charge in [0, 0.05) is 34.1 Å². The second kappa shape index (κ2) is 19.4. The Labute approximate surface area is 495 Å². The van der Waals surface area contributed by atoms with E-state index < -0.39 is 0 Å². The van der Waals surface area contributed by atoms with E-state index in [9.17, 15) is 0 Å². The first kappa shape index (κ1) is 57.1. The maximum absolute atomic E-state index is 2.74. The second-order valence-electron chi connectivity index (χ2n) is 30.6. The Balaban J connectivity index is 1.28. The van der Waals surface area contributed by atoms with Crippen LogP contribution < -0.4 is 31.1 Å². The molecule has 82 heavy (non-hydrogen) atoms. The van der Waals surface area contributed by atoms with Gasteiger partial charge in [-0.05, 0) is 224 Å². The van der Waals surface area contributed by atoms with E-state index in [1.54, 1.807) is 0 Å². The molecule has 0 amide bonds. The molecule has 8 aromatic rings. The fourth-order valence-corrected chi connectivity index (χ4v) is 14.2. The van der Waals surface area contributed by atoms with E-state index in [0.29, 0.717) is 0 Å². The predicted molar refractivity (Wildman–Crippen MR) is 359 cm³/mol. The van der Waals surface area contributed by atoms with Crippen molar-refractivity contribution in [3.05, 3.63) is 200 Å². The van der Waals surface area contributed by atoms with Crippen molar-refractivity contribution in [2.75, 3.05) is 14.7 Å². The Hall–Kier alpha value is -6.78. The lowest BCUT2D eigenvalue weighted by Gasteiger charge is -2.48. The van der Waals surface area contributed by atoms with E-state index in [1.807, 2.05) is 0 Å². The lowest BCUT2D eigenvalue weighted by molar-refractivity contribution is 0.332. The number of fused-ring (bicyclic) bond motifs is 5. The molecule has 0 spiro atoms. The summed E-state index contributed by atoms with van der Waals surface area (Å²) < 4.78 is 0. The third-order valence-electron chi connectivity index (χ3n) is 19.1. The smallest absolute Gasteiger partial charge is 0.252 e. The van der Waals surface area contributed by atoms with Gasteiger partial charge in [0.25, 0.3) is 6.71 Å². The first-order valence-corrected chi connectivity index (χ1v) is 30.6. The van der Waals surface area contributed by atoms with E-state index in [2.05, 4.69) is 300 Å². The Morgan fingerprint density at radius 3 is 1.20 bits per heavy atom. The van der Waals surface area contributed by atoms with E-state index in [1.165, 1.54) is 134 Å². The molecule has 0 unspecified atom stereocenters. The number of hydrogen-bond donors (Lipinski definition) is 0. The van der Waals surface area contributed by atoms with Gasteiger partial charge in [0.15, 0.2) is 0 Å². The standard InChI is InChI=1S/C78H92BN3/c1-47-36-55(73(7,8)9)37-48(2)70(47)80(59-30-28-54(29-31-59)53-26-24-23-25-27-53)60-32-33-63-65(44-60)81(71-49(3)38-56(39-50(71)4)74(10,11)12)67-42-58(76(16,17)18)43-68-69(67)79(63)64-45-61-62(78(21,22)35-34-77(61,19)20)46-66(64)82(68)72-51(5)40-57(41-52(72)6)75(13,14)15/h23-33,36-46H,34-35H2,1-22H3. The van der Waals surface area contributed by atoms with Crippen LogP contribution in [0.2, 0.25) is 0 Å². The normalized spacial score (nSPS) is 15.5. The van der Waals surface area contributed by atoms with E-state index in [0.717, 1.165) is 24.2 Å². The van der Waals surface area contributed by atoms with Gasteiger partial charge in [0.2, 0.25) is 0 Å². The molecule has 0 bridgehead atoms. The quantitative estimate of drug-likeness (QED) is 0.154. The molecule has 0 fully saturated rings. The molecule has 0 radical (unpaired) electrons. The highest BCUT2D eigenvalue weighted by Crippen LogP contribution is 2.54. The Bertz CT molecular complexity index is 3790. The zero-order valence-electron chi connectivity index (χ0n) is 54.0. The molecule has 3 aliphatic rings. The third-order valence-corrected chi connectivity index (χ3v) is 19.1. The largest absolute Gasteiger partial charge is 0.311 e. The average molecular weight is 1080 g/mol. The Kier molecular flexibility index (Phi) is 13.5. The number of anilines is 9. The zero-order valence-corrected chi connectivity index (χ0v) is 54.0. The molecule has 3 nitrogen and oxygen atoms in total. The van der Waals surface area contributed by atoms with Crippen LogP contribution in [0.5, 0.6) is 0 Å². The van der Waals surface area contributed by atoms with Crippen molar-refractivity contribution in [1.29, 1.82) is 0 Å². The van der Waals surface area contributed by atoms with Gasteiger partial charge in [-0.25, -0.2) is 0 Å². The Morgan fingerprint density at radius 1 is 0.378 bits per heavy atom. The van der Waals surface area contributed by atoms with Gasteiger partial charge in [0.1, 0.15) is 0 Å². The van der Waals surface area contributed by atoms with Crippen molar-refractivity contribution < 1.29 is 0 Å². The molecule has 1 aliphatic carbocycles. The van der Waals surface area contributed by atoms with Crippen molar-refractivity contribution in [1.82, 2.24) is 0 Å². The topological polar surface area (TPSA) is 9.72 Å². The molecule has 2 aliphatic heterocycles. The van der Waals surface area contributed by atoms with Crippen molar-refractivity contribution in [2.24, 2.45) is 0 Å². The SMILES string of the molecule is Cc1cc(C(C)(C)C)cc(C)c1N(c1ccc(-c2ccccc2)cc1)c1ccc2c(c1)N(c1c(C)cc(C(C)(C)C)cc1C)c1cc(C(C)(C)C)cc3c1B2c1cc2c(cc1N3c1c(C)cc(C(C)(C)C)cc1C)C(C)(C)CCC2(C)C. The van der Waals surface area contributed by atoms with Gasteiger partial charge in [0.05, 0.1) is 17.1 Å². The summed E-state index contributed by atoms with van der Waals surface area (Å²) in [5.41, 5.74) is 33.6. The summed E-state index contributed by atoms with van der Waals surface area (Å²) in [6.45, 7) is 52.3. The van der Waals surface area contributed by atoms with E-state index in [-0.39, 0.29) is 39.2 Å². The van der Waals surface area contributed by atoms with Gasteiger partial charge in [-0.2, -0.15) is 0 Å². The summed E-state index contributed by atoms with van der Waals surface area (Å²) in [6.07, 6.45) is 2.30. The highest BCUT2D eigenvalue weighted by atomic mass is 15.2. The maximum atomic E-state index is 2.74. The van der Waals surface area contributed by atoms with Gasteiger partial charge < -0.3 is 14.7 Å². The van der Waals surface area contributed by atoms with Crippen LogP contribution >= 0.6 is 0 Å². The highest BCUT2D eigenvalue weighted by Gasteiger charge is 2.48. The summed E-state index contributed by atoms with van der Waals surface area (Å²) in [4.78, 5) is 8.02. The van der Waals surface area contributed by atoms with Crippen molar-refractivity contribution in [3.63, 3.8) is 0 Å². The van der Waals surface area contributed by atoms with E-state index >= 15 is 0 Å². The van der Waals surface area contributed by atoms with Crippen LogP contribution in [0.3, 0.4) is 0 Å². The van der Waals surface area contributed by atoms with Gasteiger partial charge >= 0.3 is 0 Å². The van der Waals surface area contributed by atoms with E-state index in [4.69, 9.17) is 0 Å². The van der Waals surface area contributed by atoms with Crippen molar-refractivity contribution in [3.8, 4) is 11.1 Å². The molecule has 0 atom stereocenters. The summed E-state index contributed by atoms with van der Waals surface area (Å²) in [7, 11) is 0. The van der Waals surface area contributed by atoms with Crippen LogP contribution in [0.25, 0.3) is 11.1 Å². The fourth-order valence-electron chi connectivity index (χ4n) is 14.2. The lowest BCUT2D eigenvalue weighted by atomic mass is 9.33. The first-order chi connectivity index (χ1) is 38.2. The number of rotatable bonds is 6. The third kappa shape index (κ3) is 9.62.